The van der Waals surface area contributed by atoms with Crippen LogP contribution in [0.1, 0.15) is 115 Å². The molecule has 0 amide bonds. The van der Waals surface area contributed by atoms with Gasteiger partial charge in [-0.2, -0.15) is 0 Å². The van der Waals surface area contributed by atoms with Gasteiger partial charge in [-0.3, -0.25) is 0 Å². The summed E-state index contributed by atoms with van der Waals surface area (Å²) in [6, 6.07) is 9.17. The lowest BCUT2D eigenvalue weighted by Crippen LogP contribution is -2.39. The molecule has 3 atom stereocenters. The number of aliphatic hydroxyl groups is 2. The fraction of sp³-hybridized carbons (Fsp3) is 0.733. The molecule has 0 saturated heterocycles. The molecule has 0 unspecified atom stereocenters. The largest absolute Gasteiger partial charge is 0.465 e. The fourth-order valence-electron chi connectivity index (χ4n) is 5.63. The third-order valence-corrected chi connectivity index (χ3v) is 7.88. The second-order valence-electron chi connectivity index (χ2n) is 11.4. The van der Waals surface area contributed by atoms with Gasteiger partial charge in [0.1, 0.15) is 6.10 Å². The predicted molar refractivity (Wildman–Crippen MR) is 141 cm³/mol. The molecule has 1 aromatic carbocycles. The molecule has 6 heteroatoms. The maximum atomic E-state index is 12.8. The minimum Gasteiger partial charge on any atom is -0.465 e. The highest BCUT2D eigenvalue weighted by Crippen LogP contribution is 2.42. The van der Waals surface area contributed by atoms with Gasteiger partial charge in [0.05, 0.1) is 12.7 Å². The first-order valence-corrected chi connectivity index (χ1v) is 13.9. The lowest BCUT2D eigenvalue weighted by molar-refractivity contribution is -0.209. The Hall–Kier alpha value is -1.92. The van der Waals surface area contributed by atoms with Crippen molar-refractivity contribution in [3.8, 4) is 0 Å². The third-order valence-electron chi connectivity index (χ3n) is 7.88. The summed E-state index contributed by atoms with van der Waals surface area (Å²) in [5.74, 6) is -2.86. The first kappa shape index (κ1) is 30.3. The van der Waals surface area contributed by atoms with E-state index in [0.29, 0.717) is 29.2 Å². The lowest BCUT2D eigenvalue weighted by atomic mass is 9.79. The van der Waals surface area contributed by atoms with Crippen LogP contribution in [0.4, 0.5) is 0 Å². The molecule has 1 aliphatic rings. The Morgan fingerprint density at radius 3 is 2.28 bits per heavy atom. The van der Waals surface area contributed by atoms with Gasteiger partial charge >= 0.3 is 11.9 Å². The Balaban J connectivity index is 1.93. The predicted octanol–water partition coefficient (Wildman–Crippen LogP) is 6.43. The molecule has 0 aliphatic heterocycles. The minimum atomic E-state index is -2.43. The van der Waals surface area contributed by atoms with Crippen LogP contribution in [0, 0.1) is 17.3 Å². The number of carbonyl (C=O) groups excluding carboxylic acids is 2. The quantitative estimate of drug-likeness (QED) is 0.153. The molecular formula is C30H48O6. The van der Waals surface area contributed by atoms with E-state index in [0.717, 1.165) is 45.6 Å². The Morgan fingerprint density at radius 2 is 1.61 bits per heavy atom. The summed E-state index contributed by atoms with van der Waals surface area (Å²) in [7, 11) is 1.14. The van der Waals surface area contributed by atoms with E-state index < -0.39 is 11.8 Å². The van der Waals surface area contributed by atoms with Gasteiger partial charge in [-0.1, -0.05) is 77.5 Å². The molecule has 6 nitrogen and oxygen atoms in total. The molecule has 0 heterocycles. The normalized spacial score (nSPS) is 20.3. The molecule has 36 heavy (non-hydrogen) atoms. The molecule has 0 radical (unpaired) electrons. The van der Waals surface area contributed by atoms with E-state index in [4.69, 9.17) is 4.74 Å². The van der Waals surface area contributed by atoms with Crippen LogP contribution in [-0.4, -0.2) is 41.2 Å². The van der Waals surface area contributed by atoms with Gasteiger partial charge in [0.2, 0.25) is 0 Å². The van der Waals surface area contributed by atoms with Crippen LogP contribution in [0.5, 0.6) is 0 Å². The first-order valence-electron chi connectivity index (χ1n) is 13.9. The SMILES string of the molecule is CCCCC(C)(C)CCC[C@H]1CC[C@H](OC(=O)c2ccccc2)[C@@H]1CCCCCC(O)(O)C(=O)OC. The molecule has 1 aromatic rings. The van der Waals surface area contributed by atoms with Gasteiger partial charge in [-0.25, -0.2) is 9.59 Å². The second kappa shape index (κ2) is 14.7. The molecule has 0 spiro atoms. The highest BCUT2D eigenvalue weighted by atomic mass is 16.6. The average molecular weight is 505 g/mol. The third kappa shape index (κ3) is 9.85. The summed E-state index contributed by atoms with van der Waals surface area (Å²) < 4.78 is 10.5. The Labute approximate surface area is 217 Å². The van der Waals surface area contributed by atoms with Crippen LogP contribution in [0.25, 0.3) is 0 Å². The van der Waals surface area contributed by atoms with Crippen LogP contribution < -0.4 is 0 Å². The summed E-state index contributed by atoms with van der Waals surface area (Å²) in [6.45, 7) is 6.98. The van der Waals surface area contributed by atoms with Gasteiger partial charge in [-0.05, 0) is 67.9 Å². The number of esters is 2. The van der Waals surface area contributed by atoms with Gasteiger partial charge in [0.15, 0.2) is 0 Å². The van der Waals surface area contributed by atoms with Crippen molar-refractivity contribution in [2.75, 3.05) is 7.11 Å². The Morgan fingerprint density at radius 1 is 0.917 bits per heavy atom. The van der Waals surface area contributed by atoms with Gasteiger partial charge in [0, 0.05) is 6.42 Å². The maximum absolute atomic E-state index is 12.8. The number of unbranched alkanes of at least 4 members (excludes halogenated alkanes) is 3. The van der Waals surface area contributed by atoms with E-state index in [1.807, 2.05) is 18.2 Å². The number of hydrogen-bond acceptors (Lipinski definition) is 6. The first-order chi connectivity index (χ1) is 17.1. The molecule has 204 valence electrons. The van der Waals surface area contributed by atoms with Crippen LogP contribution >= 0.6 is 0 Å². The van der Waals surface area contributed by atoms with E-state index in [-0.39, 0.29) is 18.5 Å². The van der Waals surface area contributed by atoms with Crippen LogP contribution in [-0.2, 0) is 14.3 Å². The van der Waals surface area contributed by atoms with Crippen LogP contribution in [0.15, 0.2) is 30.3 Å². The summed E-state index contributed by atoms with van der Waals surface area (Å²) in [5.41, 5.74) is 0.951. The number of benzene rings is 1. The van der Waals surface area contributed by atoms with Crippen molar-refractivity contribution >= 4 is 11.9 Å². The van der Waals surface area contributed by atoms with E-state index in [2.05, 4.69) is 25.5 Å². The van der Waals surface area contributed by atoms with Crippen molar-refractivity contribution in [3.63, 3.8) is 0 Å². The van der Waals surface area contributed by atoms with Crippen molar-refractivity contribution in [1.82, 2.24) is 0 Å². The van der Waals surface area contributed by atoms with Gasteiger partial charge < -0.3 is 19.7 Å². The average Bonchev–Trinajstić information content (AvgIpc) is 3.23. The molecule has 1 fully saturated rings. The Kier molecular flexibility index (Phi) is 12.4. The molecule has 0 aromatic heterocycles. The van der Waals surface area contributed by atoms with Crippen molar-refractivity contribution in [2.24, 2.45) is 17.3 Å². The number of ether oxygens (including phenoxy) is 2. The summed E-state index contributed by atoms with van der Waals surface area (Å²) in [4.78, 5) is 24.2. The van der Waals surface area contributed by atoms with Crippen LogP contribution in [0.2, 0.25) is 0 Å². The molecule has 2 N–H and O–H groups in total. The molecule has 1 saturated carbocycles. The summed E-state index contributed by atoms with van der Waals surface area (Å²) >= 11 is 0. The van der Waals surface area contributed by atoms with E-state index in [1.165, 1.54) is 32.1 Å². The van der Waals surface area contributed by atoms with E-state index in [9.17, 15) is 19.8 Å². The van der Waals surface area contributed by atoms with E-state index >= 15 is 0 Å². The zero-order valence-electron chi connectivity index (χ0n) is 22.8. The zero-order valence-corrected chi connectivity index (χ0v) is 22.8. The summed E-state index contributed by atoms with van der Waals surface area (Å²) in [6.07, 6.45) is 12.3. The van der Waals surface area contributed by atoms with Crippen molar-refractivity contribution < 1.29 is 29.3 Å². The standard InChI is InChI=1S/C30H48O6/c1-5-6-20-29(2,3)21-13-16-23-18-19-26(36-27(31)24-14-9-7-10-15-24)25(23)17-11-8-12-22-30(33,34)28(32)35-4/h7,9-10,14-15,23,25-26,33-34H,5-6,8,11-13,16-22H2,1-4H3/t23-,25+,26-/m0/s1. The molecule has 1 aliphatic carbocycles. The monoisotopic (exact) mass is 504 g/mol. The lowest BCUT2D eigenvalue weighted by Gasteiger charge is -2.28. The van der Waals surface area contributed by atoms with Crippen molar-refractivity contribution in [1.29, 1.82) is 0 Å². The second-order valence-corrected chi connectivity index (χ2v) is 11.4. The number of hydrogen-bond donors (Lipinski definition) is 2. The highest BCUT2D eigenvalue weighted by Gasteiger charge is 2.38. The number of carbonyl (C=O) groups is 2. The summed E-state index contributed by atoms with van der Waals surface area (Å²) in [5, 5.41) is 19.7. The van der Waals surface area contributed by atoms with E-state index in [1.54, 1.807) is 12.1 Å². The van der Waals surface area contributed by atoms with Crippen molar-refractivity contribution in [3.05, 3.63) is 35.9 Å². The zero-order chi connectivity index (χ0) is 26.6. The molecule has 0 bridgehead atoms. The molecular weight excluding hydrogens is 456 g/mol. The van der Waals surface area contributed by atoms with Crippen LogP contribution in [0.3, 0.4) is 0 Å². The number of rotatable bonds is 16. The van der Waals surface area contributed by atoms with Gasteiger partial charge in [-0.15, -0.1) is 0 Å². The minimum absolute atomic E-state index is 0.0486. The van der Waals surface area contributed by atoms with Gasteiger partial charge in [0.25, 0.3) is 5.79 Å². The smallest absolute Gasteiger partial charge is 0.366 e. The van der Waals surface area contributed by atoms with Crippen molar-refractivity contribution in [2.45, 2.75) is 116 Å². The molecule has 2 rings (SSSR count). The topological polar surface area (TPSA) is 93.1 Å². The Bertz CT molecular complexity index is 788. The number of methoxy groups -OCH3 is 1. The fourth-order valence-corrected chi connectivity index (χ4v) is 5.63. The highest BCUT2D eigenvalue weighted by molar-refractivity contribution is 5.89. The maximum Gasteiger partial charge on any atom is 0.366 e.